The van der Waals surface area contributed by atoms with Gasteiger partial charge in [-0.05, 0) is 66.8 Å². The maximum Gasteiger partial charge on any atom is 0.251 e. The first-order chi connectivity index (χ1) is 14.1. The summed E-state index contributed by atoms with van der Waals surface area (Å²) in [5, 5.41) is 6.67. The first kappa shape index (κ1) is 19.1. The summed E-state index contributed by atoms with van der Waals surface area (Å²) in [6, 6.07) is 11.1. The number of furan rings is 1. The van der Waals surface area contributed by atoms with E-state index >= 15 is 0 Å². The van der Waals surface area contributed by atoms with Crippen LogP contribution >= 0.6 is 0 Å². The Labute approximate surface area is 169 Å². The molecule has 150 valence electrons. The maximum atomic E-state index is 12.3. The number of amides is 2. The second-order valence-corrected chi connectivity index (χ2v) is 7.24. The van der Waals surface area contributed by atoms with Crippen molar-refractivity contribution in [1.82, 2.24) is 10.6 Å². The average Bonchev–Trinajstić information content (AvgIpc) is 3.36. The van der Waals surface area contributed by atoms with Crippen molar-refractivity contribution in [3.05, 3.63) is 64.9 Å². The van der Waals surface area contributed by atoms with Crippen molar-refractivity contribution in [2.75, 3.05) is 20.2 Å². The number of fused-ring (bicyclic) bond motifs is 2. The molecule has 0 spiro atoms. The summed E-state index contributed by atoms with van der Waals surface area (Å²) in [5.41, 5.74) is 5.02. The number of rotatable bonds is 7. The van der Waals surface area contributed by atoms with Crippen LogP contribution in [0.1, 0.15) is 33.5 Å². The van der Waals surface area contributed by atoms with E-state index in [0.717, 1.165) is 29.4 Å². The molecule has 0 aliphatic heterocycles. The Morgan fingerprint density at radius 3 is 2.52 bits per heavy atom. The van der Waals surface area contributed by atoms with Crippen molar-refractivity contribution in [2.45, 2.75) is 25.7 Å². The molecule has 0 unspecified atom stereocenters. The van der Waals surface area contributed by atoms with E-state index < -0.39 is 0 Å². The number of carbonyl (C=O) groups is 2. The first-order valence-electron chi connectivity index (χ1n) is 9.85. The molecule has 1 heterocycles. The first-order valence-corrected chi connectivity index (χ1v) is 9.85. The lowest BCUT2D eigenvalue weighted by Gasteiger charge is -2.08. The summed E-state index contributed by atoms with van der Waals surface area (Å²) in [6.45, 7) is 0.724. The Kier molecular flexibility index (Phi) is 5.51. The molecule has 1 aromatic heterocycles. The van der Waals surface area contributed by atoms with E-state index in [2.05, 4.69) is 22.8 Å². The maximum absolute atomic E-state index is 12.3. The standard InChI is InChI=1S/C23H24N2O4/c1-28-19-7-5-15(6-8-19)23(27)25-10-9-24-22(26)13-18-14-29-21-12-17-4-2-3-16(17)11-20(18)21/h5-8,11-12,14H,2-4,9-10,13H2,1H3,(H,24,26)(H,25,27). The third-order valence-electron chi connectivity index (χ3n) is 5.30. The molecule has 0 saturated carbocycles. The highest BCUT2D eigenvalue weighted by atomic mass is 16.5. The quantitative estimate of drug-likeness (QED) is 0.606. The van der Waals surface area contributed by atoms with Crippen LogP contribution in [0.3, 0.4) is 0 Å². The summed E-state index contributed by atoms with van der Waals surface area (Å²) >= 11 is 0. The number of carbonyl (C=O) groups excluding carboxylic acids is 2. The highest BCUT2D eigenvalue weighted by Crippen LogP contribution is 2.30. The van der Waals surface area contributed by atoms with E-state index in [9.17, 15) is 9.59 Å². The summed E-state index contributed by atoms with van der Waals surface area (Å²) in [6.07, 6.45) is 5.31. The van der Waals surface area contributed by atoms with Crippen LogP contribution in [-0.2, 0) is 24.1 Å². The predicted molar refractivity (Wildman–Crippen MR) is 110 cm³/mol. The molecular weight excluding hydrogens is 368 g/mol. The Balaban J connectivity index is 1.26. The molecule has 6 heteroatoms. The predicted octanol–water partition coefficient (Wildman–Crippen LogP) is 3.02. The molecule has 0 bridgehead atoms. The highest BCUT2D eigenvalue weighted by Gasteiger charge is 2.16. The third-order valence-corrected chi connectivity index (χ3v) is 5.30. The van der Waals surface area contributed by atoms with Crippen molar-refractivity contribution in [2.24, 2.45) is 0 Å². The van der Waals surface area contributed by atoms with Gasteiger partial charge in [0.25, 0.3) is 5.91 Å². The van der Waals surface area contributed by atoms with Gasteiger partial charge in [0.1, 0.15) is 11.3 Å². The minimum atomic E-state index is -0.184. The molecule has 2 aromatic carbocycles. The lowest BCUT2D eigenvalue weighted by Crippen LogP contribution is -2.35. The van der Waals surface area contributed by atoms with Gasteiger partial charge < -0.3 is 19.8 Å². The van der Waals surface area contributed by atoms with Gasteiger partial charge in [0.05, 0.1) is 19.8 Å². The molecule has 4 rings (SSSR count). The van der Waals surface area contributed by atoms with Crippen molar-refractivity contribution in [3.63, 3.8) is 0 Å². The number of ether oxygens (including phenoxy) is 1. The second-order valence-electron chi connectivity index (χ2n) is 7.24. The SMILES string of the molecule is COc1ccc(C(=O)NCCNC(=O)Cc2coc3cc4c(cc23)CCC4)cc1. The number of aryl methyl sites for hydroxylation is 2. The van der Waals surface area contributed by atoms with Crippen LogP contribution < -0.4 is 15.4 Å². The van der Waals surface area contributed by atoms with E-state index in [4.69, 9.17) is 9.15 Å². The largest absolute Gasteiger partial charge is 0.497 e. The molecule has 0 saturated heterocycles. The van der Waals surface area contributed by atoms with Gasteiger partial charge in [0.15, 0.2) is 0 Å². The molecule has 1 aliphatic carbocycles. The summed E-state index contributed by atoms with van der Waals surface area (Å²) in [5.74, 6) is 0.425. The molecule has 1 aliphatic rings. The number of hydrogen-bond acceptors (Lipinski definition) is 4. The van der Waals surface area contributed by atoms with Gasteiger partial charge in [-0.15, -0.1) is 0 Å². The molecule has 0 atom stereocenters. The minimum absolute atomic E-state index is 0.0908. The third kappa shape index (κ3) is 4.26. The topological polar surface area (TPSA) is 80.6 Å². The van der Waals surface area contributed by atoms with Gasteiger partial charge in [0.2, 0.25) is 5.91 Å². The molecule has 0 fully saturated rings. The minimum Gasteiger partial charge on any atom is -0.497 e. The fourth-order valence-corrected chi connectivity index (χ4v) is 3.74. The van der Waals surface area contributed by atoms with Gasteiger partial charge in [-0.1, -0.05) is 0 Å². The van der Waals surface area contributed by atoms with Gasteiger partial charge in [0, 0.05) is 29.6 Å². The van der Waals surface area contributed by atoms with Crippen LogP contribution in [0.2, 0.25) is 0 Å². The summed E-state index contributed by atoms with van der Waals surface area (Å²) < 4.78 is 10.7. The molecule has 0 radical (unpaired) electrons. The monoisotopic (exact) mass is 392 g/mol. The molecule has 2 N–H and O–H groups in total. The highest BCUT2D eigenvalue weighted by molar-refractivity contribution is 5.94. The zero-order chi connectivity index (χ0) is 20.2. The van der Waals surface area contributed by atoms with Crippen LogP contribution in [0.4, 0.5) is 0 Å². The van der Waals surface area contributed by atoms with Crippen molar-refractivity contribution in [1.29, 1.82) is 0 Å². The second kappa shape index (κ2) is 8.39. The fraction of sp³-hybridized carbons (Fsp3) is 0.304. The Morgan fingerprint density at radius 2 is 1.76 bits per heavy atom. The average molecular weight is 392 g/mol. The van der Waals surface area contributed by atoms with Crippen molar-refractivity contribution >= 4 is 22.8 Å². The summed E-state index contributed by atoms with van der Waals surface area (Å²) in [7, 11) is 1.58. The molecule has 29 heavy (non-hydrogen) atoms. The van der Waals surface area contributed by atoms with Crippen LogP contribution in [-0.4, -0.2) is 32.0 Å². The normalized spacial score (nSPS) is 12.6. The Morgan fingerprint density at radius 1 is 1.03 bits per heavy atom. The lowest BCUT2D eigenvalue weighted by atomic mass is 10.0. The Hall–Kier alpha value is -3.28. The van der Waals surface area contributed by atoms with Crippen LogP contribution in [0.15, 0.2) is 47.1 Å². The smallest absolute Gasteiger partial charge is 0.251 e. The van der Waals surface area contributed by atoms with E-state index in [1.54, 1.807) is 37.6 Å². The molecular formula is C23H24N2O4. The van der Waals surface area contributed by atoms with Gasteiger partial charge >= 0.3 is 0 Å². The number of methoxy groups -OCH3 is 1. The zero-order valence-electron chi connectivity index (χ0n) is 16.4. The Bertz CT molecular complexity index is 1040. The molecule has 6 nitrogen and oxygen atoms in total. The summed E-state index contributed by atoms with van der Waals surface area (Å²) in [4.78, 5) is 24.4. The van der Waals surface area contributed by atoms with E-state index in [1.807, 2.05) is 0 Å². The van der Waals surface area contributed by atoms with E-state index in [0.29, 0.717) is 24.4 Å². The van der Waals surface area contributed by atoms with E-state index in [-0.39, 0.29) is 18.2 Å². The van der Waals surface area contributed by atoms with Gasteiger partial charge in [-0.2, -0.15) is 0 Å². The van der Waals surface area contributed by atoms with Gasteiger partial charge in [-0.25, -0.2) is 0 Å². The molecule has 3 aromatic rings. The zero-order valence-corrected chi connectivity index (χ0v) is 16.4. The van der Waals surface area contributed by atoms with E-state index in [1.165, 1.54) is 17.5 Å². The number of hydrogen-bond donors (Lipinski definition) is 2. The van der Waals surface area contributed by atoms with Crippen LogP contribution in [0, 0.1) is 0 Å². The fourth-order valence-electron chi connectivity index (χ4n) is 3.74. The lowest BCUT2D eigenvalue weighted by molar-refractivity contribution is -0.120. The molecule has 2 amide bonds. The van der Waals surface area contributed by atoms with Gasteiger partial charge in [-0.3, -0.25) is 9.59 Å². The number of benzene rings is 2. The van der Waals surface area contributed by atoms with Crippen molar-refractivity contribution < 1.29 is 18.7 Å². The van der Waals surface area contributed by atoms with Crippen molar-refractivity contribution in [3.8, 4) is 5.75 Å². The van der Waals surface area contributed by atoms with Crippen LogP contribution in [0.25, 0.3) is 11.0 Å². The number of nitrogens with one attached hydrogen (secondary N) is 2. The van der Waals surface area contributed by atoms with Crippen LogP contribution in [0.5, 0.6) is 5.75 Å².